The molecule has 0 saturated carbocycles. The summed E-state index contributed by atoms with van der Waals surface area (Å²) in [6, 6.07) is 4.07. The van der Waals surface area contributed by atoms with E-state index in [4.69, 9.17) is 0 Å². The fourth-order valence-electron chi connectivity index (χ4n) is 3.26. The zero-order valence-corrected chi connectivity index (χ0v) is 19.1. The van der Waals surface area contributed by atoms with E-state index in [1.165, 1.54) is 51.8 Å². The molecule has 0 bridgehead atoms. The molecule has 1 rings (SSSR count). The van der Waals surface area contributed by atoms with E-state index in [0.29, 0.717) is 0 Å². The van der Waals surface area contributed by atoms with Gasteiger partial charge in [-0.05, 0) is 0 Å². The molecule has 132 valence electrons. The summed E-state index contributed by atoms with van der Waals surface area (Å²) in [4.78, 5) is 1.10. The molecular formula is C20H36OSSn. The van der Waals surface area contributed by atoms with Crippen LogP contribution in [0.3, 0.4) is 0 Å². The van der Waals surface area contributed by atoms with Gasteiger partial charge in [0.25, 0.3) is 0 Å². The van der Waals surface area contributed by atoms with Crippen molar-refractivity contribution >= 4 is 29.7 Å². The molecule has 0 amide bonds. The second-order valence-corrected chi connectivity index (χ2v) is 20.8. The van der Waals surface area contributed by atoms with Crippen LogP contribution in [0.25, 0.3) is 0 Å². The zero-order chi connectivity index (χ0) is 17.0. The van der Waals surface area contributed by atoms with Gasteiger partial charge in [0.05, 0.1) is 0 Å². The molecule has 23 heavy (non-hydrogen) atoms. The normalized spacial score (nSPS) is 13.7. The average Bonchev–Trinajstić information content (AvgIpc) is 3.10. The number of thiophene rings is 1. The van der Waals surface area contributed by atoms with Crippen molar-refractivity contribution in [3.63, 3.8) is 0 Å². The SMILES string of the molecule is CCC[CH2][Sn](/[CH]=C/CC(O)c1cccs1)([CH2]CCC)[CH2]CCC. The minimum absolute atomic E-state index is 0.307. The Hall–Kier alpha value is 0.199. The number of aliphatic hydroxyl groups is 1. The van der Waals surface area contributed by atoms with Crippen LogP contribution in [0.15, 0.2) is 27.7 Å². The summed E-state index contributed by atoms with van der Waals surface area (Å²) in [5.74, 6) is 0. The molecule has 1 N–H and O–H groups in total. The maximum atomic E-state index is 10.3. The molecule has 0 aromatic carbocycles. The summed E-state index contributed by atoms with van der Waals surface area (Å²) in [5.41, 5.74) is 0. The molecule has 0 radical (unpaired) electrons. The van der Waals surface area contributed by atoms with Crippen molar-refractivity contribution in [2.45, 2.75) is 85.1 Å². The third-order valence-electron chi connectivity index (χ3n) is 4.79. The third kappa shape index (κ3) is 8.22. The van der Waals surface area contributed by atoms with E-state index >= 15 is 0 Å². The van der Waals surface area contributed by atoms with E-state index in [2.05, 4.69) is 36.3 Å². The standard InChI is InChI=1S/C8H9OS.3C4H9.Sn/c1-2-4-7(9)8-5-3-6-10-8;3*1-3-4-2;/h1-3,5-7,9H,4H2;3*1,3-4H2,2H3;. The van der Waals surface area contributed by atoms with E-state index in [1.54, 1.807) is 11.3 Å². The van der Waals surface area contributed by atoms with Gasteiger partial charge in [0, 0.05) is 0 Å². The van der Waals surface area contributed by atoms with Crippen molar-refractivity contribution in [1.29, 1.82) is 0 Å². The molecule has 1 aromatic heterocycles. The first-order valence-corrected chi connectivity index (χ1v) is 18.1. The van der Waals surface area contributed by atoms with Crippen molar-refractivity contribution < 1.29 is 5.11 Å². The first kappa shape index (κ1) is 21.2. The molecule has 1 unspecified atom stereocenters. The molecule has 0 spiro atoms. The van der Waals surface area contributed by atoms with Gasteiger partial charge in [0.1, 0.15) is 0 Å². The summed E-state index contributed by atoms with van der Waals surface area (Å²) in [5, 5.41) is 12.4. The van der Waals surface area contributed by atoms with Gasteiger partial charge in [-0.2, -0.15) is 0 Å². The van der Waals surface area contributed by atoms with Crippen LogP contribution in [0.4, 0.5) is 0 Å². The number of hydrogen-bond acceptors (Lipinski definition) is 2. The molecule has 0 aliphatic heterocycles. The maximum absolute atomic E-state index is 10.3. The number of rotatable bonds is 13. The van der Waals surface area contributed by atoms with Crippen LogP contribution in [0, 0.1) is 0 Å². The Labute approximate surface area is 152 Å². The van der Waals surface area contributed by atoms with Gasteiger partial charge < -0.3 is 0 Å². The van der Waals surface area contributed by atoms with Gasteiger partial charge in [-0.3, -0.25) is 0 Å². The molecular weight excluding hydrogens is 407 g/mol. The van der Waals surface area contributed by atoms with Gasteiger partial charge in [0.15, 0.2) is 0 Å². The van der Waals surface area contributed by atoms with Gasteiger partial charge >= 0.3 is 153 Å². The first-order valence-electron chi connectivity index (χ1n) is 9.56. The Kier molecular flexibility index (Phi) is 11.6. The zero-order valence-electron chi connectivity index (χ0n) is 15.4. The van der Waals surface area contributed by atoms with Crippen molar-refractivity contribution in [1.82, 2.24) is 0 Å². The summed E-state index contributed by atoms with van der Waals surface area (Å²) in [7, 11) is 0. The summed E-state index contributed by atoms with van der Waals surface area (Å²) in [6.45, 7) is 6.96. The summed E-state index contributed by atoms with van der Waals surface area (Å²) < 4.78 is 7.21. The molecule has 1 nitrogen and oxygen atoms in total. The monoisotopic (exact) mass is 444 g/mol. The number of hydrogen-bond donors (Lipinski definition) is 1. The number of unbranched alkanes of at least 4 members (excludes halogenated alkanes) is 3. The van der Waals surface area contributed by atoms with Gasteiger partial charge in [-0.25, -0.2) is 0 Å². The van der Waals surface area contributed by atoms with Crippen LogP contribution in [0.5, 0.6) is 0 Å². The topological polar surface area (TPSA) is 20.2 Å². The van der Waals surface area contributed by atoms with Crippen molar-refractivity contribution in [2.75, 3.05) is 0 Å². The summed E-state index contributed by atoms with van der Waals surface area (Å²) in [6.07, 6.45) is 11.0. The van der Waals surface area contributed by atoms with E-state index in [-0.39, 0.29) is 6.10 Å². The molecule has 0 saturated heterocycles. The van der Waals surface area contributed by atoms with Crippen molar-refractivity contribution in [3.8, 4) is 0 Å². The Balaban J connectivity index is 2.72. The second-order valence-electron chi connectivity index (χ2n) is 6.84. The van der Waals surface area contributed by atoms with Gasteiger partial charge in [-0.1, -0.05) is 0 Å². The molecule has 1 atom stereocenters. The van der Waals surface area contributed by atoms with Crippen LogP contribution >= 0.6 is 11.3 Å². The van der Waals surface area contributed by atoms with Crippen LogP contribution in [0.2, 0.25) is 13.3 Å². The van der Waals surface area contributed by atoms with Crippen LogP contribution < -0.4 is 0 Å². The van der Waals surface area contributed by atoms with Crippen LogP contribution in [-0.4, -0.2) is 23.5 Å². The quantitative estimate of drug-likeness (QED) is 0.322. The first-order chi connectivity index (χ1) is 11.2. The molecule has 0 aliphatic carbocycles. The van der Waals surface area contributed by atoms with E-state index in [0.717, 1.165) is 11.3 Å². The van der Waals surface area contributed by atoms with Crippen molar-refractivity contribution in [3.05, 3.63) is 32.6 Å². The fourth-order valence-corrected chi connectivity index (χ4v) is 18.4. The number of aliphatic hydroxyl groups excluding tert-OH is 1. The Bertz CT molecular complexity index is 392. The van der Waals surface area contributed by atoms with Crippen LogP contribution in [0.1, 0.15) is 76.7 Å². The minimum atomic E-state index is -2.15. The molecule has 0 fully saturated rings. The molecule has 0 aliphatic rings. The van der Waals surface area contributed by atoms with E-state index < -0.39 is 18.4 Å². The van der Waals surface area contributed by atoms with E-state index in [9.17, 15) is 5.11 Å². The Morgan fingerprint density at radius 1 is 1.04 bits per heavy atom. The van der Waals surface area contributed by atoms with Gasteiger partial charge in [-0.15, -0.1) is 0 Å². The predicted octanol–water partition coefficient (Wildman–Crippen LogP) is 7.12. The van der Waals surface area contributed by atoms with Gasteiger partial charge in [0.2, 0.25) is 0 Å². The average molecular weight is 443 g/mol. The fraction of sp³-hybridized carbons (Fsp3) is 0.700. The second kappa shape index (κ2) is 12.5. The summed E-state index contributed by atoms with van der Waals surface area (Å²) >= 11 is -0.483. The van der Waals surface area contributed by atoms with Crippen LogP contribution in [-0.2, 0) is 0 Å². The van der Waals surface area contributed by atoms with E-state index in [1.807, 2.05) is 12.1 Å². The Morgan fingerprint density at radius 2 is 1.61 bits per heavy atom. The molecule has 1 heterocycles. The predicted molar refractivity (Wildman–Crippen MR) is 108 cm³/mol. The Morgan fingerprint density at radius 3 is 2.04 bits per heavy atom. The molecule has 3 heteroatoms. The third-order valence-corrected chi connectivity index (χ3v) is 20.0. The molecule has 1 aromatic rings. The van der Waals surface area contributed by atoms with Crippen molar-refractivity contribution in [2.24, 2.45) is 0 Å².